The minimum absolute atomic E-state index is 0.0181. The highest BCUT2D eigenvalue weighted by molar-refractivity contribution is 5.98. The van der Waals surface area contributed by atoms with Gasteiger partial charge < -0.3 is 15.2 Å². The van der Waals surface area contributed by atoms with Crippen LogP contribution in [0.25, 0.3) is 11.3 Å². The smallest absolute Gasteiger partial charge is 0.410 e. The Hall–Kier alpha value is -3.17. The van der Waals surface area contributed by atoms with E-state index in [1.807, 2.05) is 0 Å². The number of aliphatic imine (C=N–C) groups is 1. The number of nitrogens with one attached hydrogen (secondary N) is 1. The number of nitrogens with zero attached hydrogens (tertiary/aromatic N) is 3. The SMILES string of the molecule is CC(C)(COc1ccc(-c2cnc(C3=NCC(C(F)(F)F)N3)cn2)cc1)C(=O)O. The third kappa shape index (κ3) is 4.82. The van der Waals surface area contributed by atoms with E-state index in [0.717, 1.165) is 5.56 Å². The molecule has 1 unspecified atom stereocenters. The number of halogens is 3. The summed E-state index contributed by atoms with van der Waals surface area (Å²) < 4.78 is 43.7. The molecular formula is C19H19F3N4O3. The predicted octanol–water partition coefficient (Wildman–Crippen LogP) is 2.91. The maximum absolute atomic E-state index is 12.7. The molecule has 2 N–H and O–H groups in total. The van der Waals surface area contributed by atoms with Crippen LogP contribution in [0, 0.1) is 5.41 Å². The Morgan fingerprint density at radius 1 is 1.17 bits per heavy atom. The number of carbonyl (C=O) groups is 1. The fourth-order valence-corrected chi connectivity index (χ4v) is 2.43. The monoisotopic (exact) mass is 408 g/mol. The molecule has 0 amide bonds. The summed E-state index contributed by atoms with van der Waals surface area (Å²) in [5.74, 6) is -0.376. The summed E-state index contributed by atoms with van der Waals surface area (Å²) >= 11 is 0. The van der Waals surface area contributed by atoms with Gasteiger partial charge in [-0.05, 0) is 38.1 Å². The zero-order chi connectivity index (χ0) is 21.2. The maximum atomic E-state index is 12.7. The molecule has 1 aromatic heterocycles. The van der Waals surface area contributed by atoms with Gasteiger partial charge in [-0.1, -0.05) is 0 Å². The molecule has 10 heteroatoms. The van der Waals surface area contributed by atoms with Crippen molar-refractivity contribution < 1.29 is 27.8 Å². The molecule has 1 aromatic carbocycles. The highest BCUT2D eigenvalue weighted by Gasteiger charge is 2.42. The van der Waals surface area contributed by atoms with Gasteiger partial charge in [0.25, 0.3) is 0 Å². The molecule has 154 valence electrons. The molecule has 29 heavy (non-hydrogen) atoms. The molecule has 0 saturated heterocycles. The molecule has 0 radical (unpaired) electrons. The van der Waals surface area contributed by atoms with Gasteiger partial charge >= 0.3 is 12.1 Å². The van der Waals surface area contributed by atoms with Crippen molar-refractivity contribution in [3.8, 4) is 17.0 Å². The lowest BCUT2D eigenvalue weighted by Gasteiger charge is -2.19. The van der Waals surface area contributed by atoms with Crippen LogP contribution in [0.4, 0.5) is 13.2 Å². The van der Waals surface area contributed by atoms with E-state index in [2.05, 4.69) is 20.3 Å². The first kappa shape index (κ1) is 20.6. The second-order valence-electron chi connectivity index (χ2n) is 7.22. The summed E-state index contributed by atoms with van der Waals surface area (Å²) in [6.07, 6.45) is -1.56. The molecule has 0 fully saturated rings. The number of carboxylic acids is 1. The first-order valence-electron chi connectivity index (χ1n) is 8.73. The van der Waals surface area contributed by atoms with Gasteiger partial charge in [-0.15, -0.1) is 0 Å². The molecule has 2 heterocycles. The number of aliphatic carboxylic acids is 1. The second kappa shape index (κ2) is 7.69. The van der Waals surface area contributed by atoms with Gasteiger partial charge in [-0.25, -0.2) is 4.98 Å². The highest BCUT2D eigenvalue weighted by atomic mass is 19.4. The quantitative estimate of drug-likeness (QED) is 0.763. The largest absolute Gasteiger partial charge is 0.492 e. The fraction of sp³-hybridized carbons (Fsp3) is 0.368. The summed E-state index contributed by atoms with van der Waals surface area (Å²) in [6, 6.07) is 5.12. The van der Waals surface area contributed by atoms with Crippen molar-refractivity contribution in [2.75, 3.05) is 13.2 Å². The highest BCUT2D eigenvalue weighted by Crippen LogP contribution is 2.25. The van der Waals surface area contributed by atoms with Crippen LogP contribution in [-0.2, 0) is 4.79 Å². The zero-order valence-corrected chi connectivity index (χ0v) is 15.7. The normalized spacial score (nSPS) is 16.9. The van der Waals surface area contributed by atoms with E-state index >= 15 is 0 Å². The number of ether oxygens (including phenoxy) is 1. The molecule has 0 spiro atoms. The summed E-state index contributed by atoms with van der Waals surface area (Å²) in [7, 11) is 0. The number of amidine groups is 1. The molecule has 1 atom stereocenters. The molecular weight excluding hydrogens is 389 g/mol. The van der Waals surface area contributed by atoms with Crippen molar-refractivity contribution in [2.24, 2.45) is 10.4 Å². The first-order valence-corrected chi connectivity index (χ1v) is 8.73. The Bertz CT molecular complexity index is 910. The van der Waals surface area contributed by atoms with Gasteiger partial charge in [0.2, 0.25) is 0 Å². The third-order valence-electron chi connectivity index (χ3n) is 4.36. The lowest BCUT2D eigenvalue weighted by molar-refractivity contribution is -0.149. The lowest BCUT2D eigenvalue weighted by Crippen LogP contribution is -2.42. The van der Waals surface area contributed by atoms with Crippen LogP contribution in [0.2, 0.25) is 0 Å². The standard InChI is InChI=1S/C19H19F3N4O3/c1-18(2,17(27)28)10-29-12-5-3-11(4-6-12)13-7-24-14(8-23-13)16-25-9-15(26-16)19(20,21)22/h3-8,15H,9-10H2,1-2H3,(H,25,26)(H,27,28). The first-order chi connectivity index (χ1) is 13.6. The minimum atomic E-state index is -4.37. The van der Waals surface area contributed by atoms with Crippen molar-refractivity contribution in [3.05, 3.63) is 42.4 Å². The average Bonchev–Trinajstić information content (AvgIpc) is 3.18. The van der Waals surface area contributed by atoms with Crippen LogP contribution < -0.4 is 10.1 Å². The van der Waals surface area contributed by atoms with Gasteiger partial charge in [0, 0.05) is 5.56 Å². The molecule has 0 saturated carbocycles. The summed E-state index contributed by atoms with van der Waals surface area (Å²) in [5, 5.41) is 11.4. The van der Waals surface area contributed by atoms with Crippen molar-refractivity contribution in [3.63, 3.8) is 0 Å². The van der Waals surface area contributed by atoms with E-state index in [1.165, 1.54) is 12.4 Å². The van der Waals surface area contributed by atoms with Crippen molar-refractivity contribution in [1.82, 2.24) is 15.3 Å². The molecule has 2 aromatic rings. The Morgan fingerprint density at radius 2 is 1.79 bits per heavy atom. The number of alkyl halides is 3. The zero-order valence-electron chi connectivity index (χ0n) is 15.7. The number of hydrogen-bond donors (Lipinski definition) is 2. The van der Waals surface area contributed by atoms with E-state index in [-0.39, 0.29) is 24.7 Å². The van der Waals surface area contributed by atoms with Gasteiger partial charge in [-0.2, -0.15) is 13.2 Å². The molecule has 1 aliphatic heterocycles. The number of hydrogen-bond acceptors (Lipinski definition) is 6. The average molecular weight is 408 g/mol. The molecule has 0 aliphatic carbocycles. The Morgan fingerprint density at radius 3 is 2.31 bits per heavy atom. The summed E-state index contributed by atoms with van der Waals surface area (Å²) in [5.41, 5.74) is 0.471. The number of carboxylic acid groups (broad SMARTS) is 1. The van der Waals surface area contributed by atoms with Gasteiger partial charge in [0.15, 0.2) is 0 Å². The Balaban J connectivity index is 1.64. The Labute approximate surface area is 164 Å². The second-order valence-corrected chi connectivity index (χ2v) is 7.22. The molecule has 1 aliphatic rings. The van der Waals surface area contributed by atoms with E-state index in [9.17, 15) is 18.0 Å². The van der Waals surface area contributed by atoms with E-state index in [4.69, 9.17) is 9.84 Å². The van der Waals surface area contributed by atoms with Crippen LogP contribution in [0.15, 0.2) is 41.7 Å². The third-order valence-corrected chi connectivity index (χ3v) is 4.36. The van der Waals surface area contributed by atoms with Gasteiger partial charge in [0.05, 0.1) is 30.0 Å². The van der Waals surface area contributed by atoms with E-state index < -0.39 is 23.6 Å². The predicted molar refractivity (Wildman–Crippen MR) is 98.8 cm³/mol. The van der Waals surface area contributed by atoms with E-state index in [1.54, 1.807) is 38.1 Å². The fourth-order valence-electron chi connectivity index (χ4n) is 2.43. The summed E-state index contributed by atoms with van der Waals surface area (Å²) in [4.78, 5) is 23.3. The van der Waals surface area contributed by atoms with Crippen LogP contribution >= 0.6 is 0 Å². The van der Waals surface area contributed by atoms with E-state index in [0.29, 0.717) is 11.4 Å². The molecule has 0 bridgehead atoms. The van der Waals surface area contributed by atoms with Crippen LogP contribution in [-0.4, -0.2) is 52.2 Å². The van der Waals surface area contributed by atoms with Crippen LogP contribution in [0.3, 0.4) is 0 Å². The number of aromatic nitrogens is 2. The van der Waals surface area contributed by atoms with Crippen molar-refractivity contribution in [1.29, 1.82) is 0 Å². The van der Waals surface area contributed by atoms with Crippen LogP contribution in [0.1, 0.15) is 19.5 Å². The van der Waals surface area contributed by atoms with Crippen molar-refractivity contribution >= 4 is 11.8 Å². The number of benzene rings is 1. The van der Waals surface area contributed by atoms with Gasteiger partial charge in [-0.3, -0.25) is 14.8 Å². The number of rotatable bonds is 6. The van der Waals surface area contributed by atoms with Crippen molar-refractivity contribution in [2.45, 2.75) is 26.1 Å². The molecule has 3 rings (SSSR count). The Kier molecular flexibility index (Phi) is 5.45. The molecule has 7 nitrogen and oxygen atoms in total. The van der Waals surface area contributed by atoms with Gasteiger partial charge in [0.1, 0.15) is 29.9 Å². The topological polar surface area (TPSA) is 96.7 Å². The summed E-state index contributed by atoms with van der Waals surface area (Å²) in [6.45, 7) is 2.77. The van der Waals surface area contributed by atoms with Crippen LogP contribution in [0.5, 0.6) is 5.75 Å². The lowest BCUT2D eigenvalue weighted by atomic mass is 9.95. The minimum Gasteiger partial charge on any atom is -0.492 e. The maximum Gasteiger partial charge on any atom is 0.410 e.